The van der Waals surface area contributed by atoms with Gasteiger partial charge in [-0.25, -0.2) is 9.97 Å². The molecule has 39 heavy (non-hydrogen) atoms. The lowest BCUT2D eigenvalue weighted by molar-refractivity contribution is 0.0721. The van der Waals surface area contributed by atoms with Gasteiger partial charge in [0.2, 0.25) is 0 Å². The molecule has 0 unspecified atom stereocenters. The van der Waals surface area contributed by atoms with E-state index in [1.165, 1.54) is 63.7 Å². The van der Waals surface area contributed by atoms with E-state index in [1.807, 2.05) is 12.1 Å². The van der Waals surface area contributed by atoms with Gasteiger partial charge in [-0.2, -0.15) is 0 Å². The number of aromatic nitrogens is 4. The van der Waals surface area contributed by atoms with Crippen LogP contribution in [0.3, 0.4) is 0 Å². The molecule has 1 aliphatic rings. The summed E-state index contributed by atoms with van der Waals surface area (Å²) in [6.07, 6.45) is 14.9. The molecule has 8 heteroatoms. The summed E-state index contributed by atoms with van der Waals surface area (Å²) in [7, 11) is 2.23. The number of rotatable bonds is 15. The van der Waals surface area contributed by atoms with Gasteiger partial charge in [-0.3, -0.25) is 4.79 Å². The third-order valence-corrected chi connectivity index (χ3v) is 7.86. The zero-order valence-corrected chi connectivity index (χ0v) is 24.1. The van der Waals surface area contributed by atoms with E-state index < -0.39 is 0 Å². The van der Waals surface area contributed by atoms with E-state index in [0.717, 1.165) is 36.6 Å². The fourth-order valence-corrected chi connectivity index (χ4v) is 5.97. The standard InChI is InChI=1S/C31H47N7O/c1-4-18-37(19-5-2)22-27-8-6-25(7-9-27)20-36(3)21-26-10-12-28(13-11-26)31(39)38(23-29-32-14-15-33-29)24-30-34-16-17-35-30/h10-17,25,27H,4-9,18-24H2,1-3H3,(H,32,33)(H,34,35). The Morgan fingerprint density at radius 3 is 1.85 bits per heavy atom. The molecule has 212 valence electrons. The van der Waals surface area contributed by atoms with E-state index in [4.69, 9.17) is 0 Å². The smallest absolute Gasteiger partial charge is 0.254 e. The molecule has 1 fully saturated rings. The van der Waals surface area contributed by atoms with Gasteiger partial charge < -0.3 is 24.7 Å². The average Bonchev–Trinajstić information content (AvgIpc) is 3.64. The molecule has 0 atom stereocenters. The number of carbonyl (C=O) groups is 1. The van der Waals surface area contributed by atoms with Gasteiger partial charge in [0.25, 0.3) is 5.91 Å². The van der Waals surface area contributed by atoms with Crippen LogP contribution in [0.15, 0.2) is 49.1 Å². The van der Waals surface area contributed by atoms with Crippen molar-refractivity contribution in [2.75, 3.05) is 33.2 Å². The first kappa shape index (κ1) is 29.0. The van der Waals surface area contributed by atoms with Crippen molar-refractivity contribution in [3.63, 3.8) is 0 Å². The zero-order chi connectivity index (χ0) is 27.5. The van der Waals surface area contributed by atoms with Crippen LogP contribution in [0.25, 0.3) is 0 Å². The first-order valence-electron chi connectivity index (χ1n) is 14.8. The van der Waals surface area contributed by atoms with Crippen molar-refractivity contribution in [2.45, 2.75) is 72.0 Å². The number of aromatic amines is 2. The van der Waals surface area contributed by atoms with E-state index in [1.54, 1.807) is 29.7 Å². The molecule has 0 spiro atoms. The first-order valence-corrected chi connectivity index (χ1v) is 14.8. The zero-order valence-electron chi connectivity index (χ0n) is 24.1. The van der Waals surface area contributed by atoms with Crippen molar-refractivity contribution in [1.29, 1.82) is 0 Å². The van der Waals surface area contributed by atoms with Crippen LogP contribution >= 0.6 is 0 Å². The van der Waals surface area contributed by atoms with Crippen LogP contribution in [0, 0.1) is 11.8 Å². The minimum absolute atomic E-state index is 0.0316. The minimum Gasteiger partial charge on any atom is -0.347 e. The number of hydrogen-bond donors (Lipinski definition) is 2. The second kappa shape index (κ2) is 15.0. The maximum Gasteiger partial charge on any atom is 0.254 e. The van der Waals surface area contributed by atoms with E-state index in [0.29, 0.717) is 18.7 Å². The van der Waals surface area contributed by atoms with Gasteiger partial charge in [-0.1, -0.05) is 26.0 Å². The molecule has 1 amide bonds. The van der Waals surface area contributed by atoms with E-state index in [2.05, 4.69) is 62.8 Å². The lowest BCUT2D eigenvalue weighted by atomic mass is 9.81. The molecule has 2 heterocycles. The molecule has 8 nitrogen and oxygen atoms in total. The van der Waals surface area contributed by atoms with E-state index >= 15 is 0 Å². The lowest BCUT2D eigenvalue weighted by Crippen LogP contribution is -2.34. The third kappa shape index (κ3) is 9.04. The molecule has 2 aromatic heterocycles. The molecule has 0 saturated heterocycles. The highest BCUT2D eigenvalue weighted by molar-refractivity contribution is 5.94. The quantitative estimate of drug-likeness (QED) is 0.276. The van der Waals surface area contributed by atoms with Gasteiger partial charge in [-0.05, 0) is 88.2 Å². The van der Waals surface area contributed by atoms with Crippen LogP contribution < -0.4 is 0 Å². The van der Waals surface area contributed by atoms with E-state index in [-0.39, 0.29) is 5.91 Å². The van der Waals surface area contributed by atoms with Crippen molar-refractivity contribution in [3.8, 4) is 0 Å². The van der Waals surface area contributed by atoms with E-state index in [9.17, 15) is 4.79 Å². The van der Waals surface area contributed by atoms with Gasteiger partial charge >= 0.3 is 0 Å². The van der Waals surface area contributed by atoms with Crippen molar-refractivity contribution in [3.05, 3.63) is 71.8 Å². The van der Waals surface area contributed by atoms with Crippen LogP contribution in [-0.4, -0.2) is 73.8 Å². The molecule has 0 aliphatic heterocycles. The maximum atomic E-state index is 13.4. The van der Waals surface area contributed by atoms with Crippen molar-refractivity contribution in [2.24, 2.45) is 11.8 Å². The van der Waals surface area contributed by atoms with Crippen molar-refractivity contribution >= 4 is 5.91 Å². The minimum atomic E-state index is -0.0316. The van der Waals surface area contributed by atoms with Gasteiger partial charge in [0.1, 0.15) is 11.6 Å². The molecule has 0 bridgehead atoms. The average molecular weight is 534 g/mol. The summed E-state index contributed by atoms with van der Waals surface area (Å²) in [5.41, 5.74) is 1.92. The number of nitrogens with zero attached hydrogens (tertiary/aromatic N) is 5. The van der Waals surface area contributed by atoms with Gasteiger partial charge in [-0.15, -0.1) is 0 Å². The summed E-state index contributed by atoms with van der Waals surface area (Å²) in [6, 6.07) is 8.09. The molecule has 2 N–H and O–H groups in total. The Morgan fingerprint density at radius 1 is 0.821 bits per heavy atom. The second-order valence-electron chi connectivity index (χ2n) is 11.3. The summed E-state index contributed by atoms with van der Waals surface area (Å²) < 4.78 is 0. The number of imidazole rings is 2. The molecule has 3 aromatic rings. The van der Waals surface area contributed by atoms with Crippen LogP contribution in [0.4, 0.5) is 0 Å². The van der Waals surface area contributed by atoms with Crippen LogP contribution in [0.5, 0.6) is 0 Å². The summed E-state index contributed by atoms with van der Waals surface area (Å²) >= 11 is 0. The number of H-pyrrole nitrogens is 2. The Bertz CT molecular complexity index is 1030. The summed E-state index contributed by atoms with van der Waals surface area (Å²) in [6.45, 7) is 11.2. The Balaban J connectivity index is 1.26. The number of amides is 1. The number of carbonyl (C=O) groups excluding carboxylic acids is 1. The summed E-state index contributed by atoms with van der Waals surface area (Å²) in [5, 5.41) is 0. The Labute approximate surface area is 234 Å². The van der Waals surface area contributed by atoms with Crippen LogP contribution in [0.2, 0.25) is 0 Å². The third-order valence-electron chi connectivity index (χ3n) is 7.86. The number of benzene rings is 1. The summed E-state index contributed by atoms with van der Waals surface area (Å²) in [4.78, 5) is 35.1. The van der Waals surface area contributed by atoms with Gasteiger partial charge in [0, 0.05) is 50.0 Å². The fourth-order valence-electron chi connectivity index (χ4n) is 5.97. The second-order valence-corrected chi connectivity index (χ2v) is 11.3. The van der Waals surface area contributed by atoms with Crippen molar-refractivity contribution < 1.29 is 4.79 Å². The maximum absolute atomic E-state index is 13.4. The molecule has 1 aliphatic carbocycles. The van der Waals surface area contributed by atoms with Crippen molar-refractivity contribution in [1.82, 2.24) is 34.6 Å². The Morgan fingerprint density at radius 2 is 1.36 bits per heavy atom. The monoisotopic (exact) mass is 533 g/mol. The molecule has 1 aromatic carbocycles. The van der Waals surface area contributed by atoms with Crippen LogP contribution in [0.1, 0.15) is 79.9 Å². The normalized spacial score (nSPS) is 17.7. The topological polar surface area (TPSA) is 84.2 Å². The van der Waals surface area contributed by atoms with Crippen LogP contribution in [-0.2, 0) is 19.6 Å². The number of hydrogen-bond acceptors (Lipinski definition) is 5. The predicted molar refractivity (Wildman–Crippen MR) is 156 cm³/mol. The number of nitrogens with one attached hydrogen (secondary N) is 2. The summed E-state index contributed by atoms with van der Waals surface area (Å²) in [5.74, 6) is 3.13. The van der Waals surface area contributed by atoms with Gasteiger partial charge in [0.05, 0.1) is 13.1 Å². The highest BCUT2D eigenvalue weighted by Gasteiger charge is 2.24. The molecular formula is C31H47N7O. The van der Waals surface area contributed by atoms with Gasteiger partial charge in [0.15, 0.2) is 0 Å². The molecule has 1 saturated carbocycles. The Hall–Kier alpha value is -2.97. The SMILES string of the molecule is CCCN(CCC)CC1CCC(CN(C)Cc2ccc(C(=O)N(Cc3ncc[nH]3)Cc3ncc[nH]3)cc2)CC1. The largest absolute Gasteiger partial charge is 0.347 e. The highest BCUT2D eigenvalue weighted by atomic mass is 16.2. The first-order chi connectivity index (χ1) is 19.0. The molecule has 4 rings (SSSR count). The predicted octanol–water partition coefficient (Wildman–Crippen LogP) is 5.34. The lowest BCUT2D eigenvalue weighted by Gasteiger charge is -2.34. The Kier molecular flexibility index (Phi) is 11.2. The highest BCUT2D eigenvalue weighted by Crippen LogP contribution is 2.30. The fraction of sp³-hybridized carbons (Fsp3) is 0.581. The molecule has 0 radical (unpaired) electrons. The molecular weight excluding hydrogens is 486 g/mol.